The molecule has 0 atom stereocenters. The van der Waals surface area contributed by atoms with Crippen molar-refractivity contribution >= 4 is 11.9 Å². The smallest absolute Gasteiger partial charge is 0.224 e. The standard InChI is InChI=1S/C22H30N4O2/c1-23-22(25(2)16-17-28-20-12-8-5-9-13-20)24-15-14-21(27)26(3)18-19-10-6-4-7-11-19/h4-13H,14-18H2,1-3H3,(H,23,24). The van der Waals surface area contributed by atoms with Gasteiger partial charge in [0.2, 0.25) is 5.91 Å². The molecule has 6 nitrogen and oxygen atoms in total. The minimum absolute atomic E-state index is 0.0990. The highest BCUT2D eigenvalue weighted by atomic mass is 16.5. The van der Waals surface area contributed by atoms with Gasteiger partial charge in [0.1, 0.15) is 12.4 Å². The first-order valence-corrected chi connectivity index (χ1v) is 9.47. The van der Waals surface area contributed by atoms with Gasteiger partial charge >= 0.3 is 0 Å². The van der Waals surface area contributed by atoms with Crippen LogP contribution < -0.4 is 10.1 Å². The molecule has 0 bridgehead atoms. The molecule has 2 rings (SSSR count). The number of hydrogen-bond donors (Lipinski definition) is 1. The van der Waals surface area contributed by atoms with Gasteiger partial charge < -0.3 is 19.9 Å². The number of guanidine groups is 1. The lowest BCUT2D eigenvalue weighted by Gasteiger charge is -2.23. The maximum Gasteiger partial charge on any atom is 0.224 e. The second-order valence-electron chi connectivity index (χ2n) is 6.54. The zero-order valence-electron chi connectivity index (χ0n) is 17.0. The van der Waals surface area contributed by atoms with Gasteiger partial charge in [0, 0.05) is 40.7 Å². The number of para-hydroxylation sites is 1. The molecular weight excluding hydrogens is 352 g/mol. The minimum Gasteiger partial charge on any atom is -0.492 e. The number of ether oxygens (including phenoxy) is 1. The van der Waals surface area contributed by atoms with Gasteiger partial charge in [-0.25, -0.2) is 0 Å². The zero-order chi connectivity index (χ0) is 20.2. The van der Waals surface area contributed by atoms with Crippen molar-refractivity contribution in [3.8, 4) is 5.75 Å². The molecule has 0 unspecified atom stereocenters. The normalized spacial score (nSPS) is 11.0. The monoisotopic (exact) mass is 382 g/mol. The Kier molecular flexibility index (Phi) is 8.85. The number of amides is 1. The quantitative estimate of drug-likeness (QED) is 0.535. The largest absolute Gasteiger partial charge is 0.492 e. The number of carbonyl (C=O) groups is 1. The van der Waals surface area contributed by atoms with Gasteiger partial charge in [-0.15, -0.1) is 0 Å². The van der Waals surface area contributed by atoms with Gasteiger partial charge in [0.05, 0.1) is 6.54 Å². The molecule has 1 amide bonds. The number of carbonyl (C=O) groups excluding carboxylic acids is 1. The summed E-state index contributed by atoms with van der Waals surface area (Å²) in [4.78, 5) is 20.3. The number of nitrogens with one attached hydrogen (secondary N) is 1. The van der Waals surface area contributed by atoms with E-state index in [1.807, 2.05) is 79.7 Å². The zero-order valence-corrected chi connectivity index (χ0v) is 17.0. The van der Waals surface area contributed by atoms with E-state index < -0.39 is 0 Å². The molecular formula is C22H30N4O2. The van der Waals surface area contributed by atoms with Crippen molar-refractivity contribution in [2.75, 3.05) is 40.8 Å². The number of aliphatic imine (C=N–C) groups is 1. The Balaban J connectivity index is 1.68. The molecule has 150 valence electrons. The van der Waals surface area contributed by atoms with Gasteiger partial charge in [-0.05, 0) is 17.7 Å². The van der Waals surface area contributed by atoms with E-state index in [4.69, 9.17) is 4.74 Å². The van der Waals surface area contributed by atoms with Crippen LogP contribution in [0.15, 0.2) is 65.7 Å². The van der Waals surface area contributed by atoms with Crippen LogP contribution in [0.5, 0.6) is 5.75 Å². The van der Waals surface area contributed by atoms with Crippen LogP contribution in [0.25, 0.3) is 0 Å². The van der Waals surface area contributed by atoms with Crippen LogP contribution >= 0.6 is 0 Å². The van der Waals surface area contributed by atoms with Crippen molar-refractivity contribution in [3.63, 3.8) is 0 Å². The van der Waals surface area contributed by atoms with Crippen molar-refractivity contribution < 1.29 is 9.53 Å². The van der Waals surface area contributed by atoms with Crippen LogP contribution in [0, 0.1) is 0 Å². The minimum atomic E-state index is 0.0990. The first-order valence-electron chi connectivity index (χ1n) is 9.47. The third kappa shape index (κ3) is 7.31. The molecule has 2 aromatic rings. The van der Waals surface area contributed by atoms with E-state index in [-0.39, 0.29) is 5.91 Å². The molecule has 0 spiro atoms. The lowest BCUT2D eigenvalue weighted by Crippen LogP contribution is -2.42. The molecule has 0 radical (unpaired) electrons. The predicted molar refractivity (Wildman–Crippen MR) is 113 cm³/mol. The Labute approximate surface area is 167 Å². The van der Waals surface area contributed by atoms with Gasteiger partial charge in [0.15, 0.2) is 5.96 Å². The molecule has 2 aromatic carbocycles. The highest BCUT2D eigenvalue weighted by Gasteiger charge is 2.11. The average Bonchev–Trinajstić information content (AvgIpc) is 2.72. The van der Waals surface area contributed by atoms with Crippen LogP contribution in [0.3, 0.4) is 0 Å². The van der Waals surface area contributed by atoms with Gasteiger partial charge in [-0.1, -0.05) is 48.5 Å². The highest BCUT2D eigenvalue weighted by Crippen LogP contribution is 2.08. The van der Waals surface area contributed by atoms with Crippen molar-refractivity contribution in [1.29, 1.82) is 0 Å². The summed E-state index contributed by atoms with van der Waals surface area (Å²) in [7, 11) is 5.52. The Morgan fingerprint density at radius 3 is 2.29 bits per heavy atom. The maximum absolute atomic E-state index is 12.3. The maximum atomic E-state index is 12.3. The molecule has 1 N–H and O–H groups in total. The molecule has 6 heteroatoms. The second kappa shape index (κ2) is 11.6. The van der Waals surface area contributed by atoms with E-state index in [9.17, 15) is 4.79 Å². The van der Waals surface area contributed by atoms with E-state index in [0.29, 0.717) is 32.7 Å². The van der Waals surface area contributed by atoms with Crippen LogP contribution in [-0.4, -0.2) is 62.5 Å². The van der Waals surface area contributed by atoms with Crippen LogP contribution in [0.1, 0.15) is 12.0 Å². The summed E-state index contributed by atoms with van der Waals surface area (Å²) < 4.78 is 5.72. The number of hydrogen-bond acceptors (Lipinski definition) is 3. The van der Waals surface area contributed by atoms with Gasteiger partial charge in [-0.2, -0.15) is 0 Å². The lowest BCUT2D eigenvalue weighted by atomic mass is 10.2. The van der Waals surface area contributed by atoms with E-state index in [1.54, 1.807) is 11.9 Å². The number of benzene rings is 2. The fourth-order valence-electron chi connectivity index (χ4n) is 2.73. The van der Waals surface area contributed by atoms with Gasteiger partial charge in [0.25, 0.3) is 0 Å². The molecule has 0 heterocycles. The third-order valence-corrected chi connectivity index (χ3v) is 4.32. The molecule has 0 aromatic heterocycles. The molecule has 0 aliphatic rings. The number of rotatable bonds is 9. The summed E-state index contributed by atoms with van der Waals surface area (Å²) in [5.41, 5.74) is 1.13. The van der Waals surface area contributed by atoms with Crippen molar-refractivity contribution in [3.05, 3.63) is 66.2 Å². The lowest BCUT2D eigenvalue weighted by molar-refractivity contribution is -0.130. The fourth-order valence-corrected chi connectivity index (χ4v) is 2.73. The van der Waals surface area contributed by atoms with Crippen LogP contribution in [0.2, 0.25) is 0 Å². The molecule has 0 aliphatic carbocycles. The summed E-state index contributed by atoms with van der Waals surface area (Å²) in [6.07, 6.45) is 0.413. The van der Waals surface area contributed by atoms with Crippen LogP contribution in [0.4, 0.5) is 0 Å². The summed E-state index contributed by atoms with van der Waals surface area (Å²) in [6.45, 7) is 2.40. The van der Waals surface area contributed by atoms with E-state index in [1.165, 1.54) is 0 Å². The average molecular weight is 383 g/mol. The topological polar surface area (TPSA) is 57.2 Å². The highest BCUT2D eigenvalue weighted by molar-refractivity contribution is 5.81. The first kappa shape index (κ1) is 21.3. The third-order valence-electron chi connectivity index (χ3n) is 4.32. The first-order chi connectivity index (χ1) is 13.6. The second-order valence-corrected chi connectivity index (χ2v) is 6.54. The summed E-state index contributed by atoms with van der Waals surface area (Å²) in [5, 5.41) is 3.24. The van der Waals surface area contributed by atoms with Crippen molar-refractivity contribution in [1.82, 2.24) is 15.1 Å². The van der Waals surface area contributed by atoms with E-state index in [0.717, 1.165) is 17.3 Å². The number of likely N-dealkylation sites (N-methyl/N-ethyl adjacent to an activating group) is 1. The Hall–Kier alpha value is -3.02. The molecule has 0 saturated heterocycles. The Bertz CT molecular complexity index is 735. The van der Waals surface area contributed by atoms with E-state index in [2.05, 4.69) is 10.3 Å². The summed E-state index contributed by atoms with van der Waals surface area (Å²) in [5.74, 6) is 1.70. The molecule has 0 aliphatic heterocycles. The fraction of sp³-hybridized carbons (Fsp3) is 0.364. The Morgan fingerprint density at radius 1 is 1.00 bits per heavy atom. The molecule has 0 fully saturated rings. The van der Waals surface area contributed by atoms with Crippen molar-refractivity contribution in [2.45, 2.75) is 13.0 Å². The summed E-state index contributed by atoms with van der Waals surface area (Å²) in [6, 6.07) is 19.7. The Morgan fingerprint density at radius 2 is 1.64 bits per heavy atom. The van der Waals surface area contributed by atoms with Crippen molar-refractivity contribution in [2.24, 2.45) is 4.99 Å². The molecule has 0 saturated carbocycles. The SMILES string of the molecule is CN=C(NCCC(=O)N(C)Cc1ccccc1)N(C)CCOc1ccccc1. The van der Waals surface area contributed by atoms with Crippen LogP contribution in [-0.2, 0) is 11.3 Å². The van der Waals surface area contributed by atoms with E-state index >= 15 is 0 Å². The number of nitrogens with zero attached hydrogens (tertiary/aromatic N) is 3. The predicted octanol–water partition coefficient (Wildman–Crippen LogP) is 2.62. The van der Waals surface area contributed by atoms with Gasteiger partial charge in [-0.3, -0.25) is 9.79 Å². The molecule has 28 heavy (non-hydrogen) atoms. The summed E-state index contributed by atoms with van der Waals surface area (Å²) >= 11 is 0.